The molecule has 0 radical (unpaired) electrons. The highest BCUT2D eigenvalue weighted by Gasteiger charge is 2.31. The quantitative estimate of drug-likeness (QED) is 0.738. The maximum Gasteiger partial charge on any atom is 0.0616 e. The molecule has 0 aromatic rings. The number of nitrogens with two attached hydrogens (primary N) is 1. The molecule has 0 aromatic carbocycles. The molecular formula is C12H25NO. The van der Waals surface area contributed by atoms with E-state index in [0.717, 1.165) is 31.8 Å². The van der Waals surface area contributed by atoms with Crippen LogP contribution in [-0.4, -0.2) is 18.8 Å². The Kier molecular flexibility index (Phi) is 4.90. The lowest BCUT2D eigenvalue weighted by atomic mass is 9.88. The van der Waals surface area contributed by atoms with Crippen LogP contribution in [0, 0.1) is 11.8 Å². The highest BCUT2D eigenvalue weighted by Crippen LogP contribution is 2.27. The second-order valence-electron chi connectivity index (χ2n) is 4.91. The van der Waals surface area contributed by atoms with Gasteiger partial charge in [-0.15, -0.1) is 0 Å². The van der Waals surface area contributed by atoms with Crippen molar-refractivity contribution < 1.29 is 4.74 Å². The fourth-order valence-corrected chi connectivity index (χ4v) is 2.32. The molecule has 2 nitrogen and oxygen atoms in total. The van der Waals surface area contributed by atoms with Gasteiger partial charge in [0.05, 0.1) is 6.10 Å². The number of rotatable bonds is 5. The molecule has 1 fully saturated rings. The molecule has 2 N–H and O–H groups in total. The number of ether oxygens (including phenoxy) is 1. The summed E-state index contributed by atoms with van der Waals surface area (Å²) < 4.78 is 5.66. The van der Waals surface area contributed by atoms with E-state index in [0.29, 0.717) is 18.1 Å². The molecule has 2 heteroatoms. The van der Waals surface area contributed by atoms with Gasteiger partial charge in [0.25, 0.3) is 0 Å². The van der Waals surface area contributed by atoms with Crippen LogP contribution in [0.1, 0.15) is 46.5 Å². The summed E-state index contributed by atoms with van der Waals surface area (Å²) in [6, 6.07) is 0.352. The van der Waals surface area contributed by atoms with Crippen LogP contribution in [0.5, 0.6) is 0 Å². The van der Waals surface area contributed by atoms with Crippen molar-refractivity contribution in [2.45, 2.75) is 58.6 Å². The standard InChI is InChI=1S/C12H25NO/c1-4-12-10(7-8-14-12)11(13)6-5-9(2)3/h9-12H,4-8,13H2,1-3H3. The van der Waals surface area contributed by atoms with Crippen LogP contribution < -0.4 is 5.73 Å². The largest absolute Gasteiger partial charge is 0.378 e. The fourth-order valence-electron chi connectivity index (χ4n) is 2.32. The molecule has 1 rings (SSSR count). The summed E-state index contributed by atoms with van der Waals surface area (Å²) in [5.74, 6) is 1.38. The van der Waals surface area contributed by atoms with E-state index >= 15 is 0 Å². The van der Waals surface area contributed by atoms with Gasteiger partial charge in [-0.2, -0.15) is 0 Å². The smallest absolute Gasteiger partial charge is 0.0616 e. The van der Waals surface area contributed by atoms with Crippen LogP contribution in [0.4, 0.5) is 0 Å². The molecule has 14 heavy (non-hydrogen) atoms. The molecule has 0 saturated carbocycles. The van der Waals surface area contributed by atoms with Crippen LogP contribution in [0.2, 0.25) is 0 Å². The Hall–Kier alpha value is -0.0800. The van der Waals surface area contributed by atoms with E-state index in [9.17, 15) is 0 Å². The van der Waals surface area contributed by atoms with Crippen LogP contribution in [0.3, 0.4) is 0 Å². The molecule has 3 atom stereocenters. The van der Waals surface area contributed by atoms with Crippen molar-refractivity contribution in [3.63, 3.8) is 0 Å². The zero-order chi connectivity index (χ0) is 10.6. The van der Waals surface area contributed by atoms with Crippen LogP contribution in [0.15, 0.2) is 0 Å². The topological polar surface area (TPSA) is 35.2 Å². The molecule has 0 amide bonds. The average Bonchev–Trinajstić information content (AvgIpc) is 2.61. The lowest BCUT2D eigenvalue weighted by Crippen LogP contribution is -2.35. The maximum absolute atomic E-state index is 6.21. The lowest BCUT2D eigenvalue weighted by Gasteiger charge is -2.24. The Morgan fingerprint density at radius 2 is 2.07 bits per heavy atom. The van der Waals surface area contributed by atoms with Crippen LogP contribution in [-0.2, 0) is 4.74 Å². The summed E-state index contributed by atoms with van der Waals surface area (Å²) >= 11 is 0. The van der Waals surface area contributed by atoms with Gasteiger partial charge in [0, 0.05) is 18.6 Å². The zero-order valence-corrected chi connectivity index (χ0v) is 9.83. The van der Waals surface area contributed by atoms with Crippen molar-refractivity contribution in [1.29, 1.82) is 0 Å². The highest BCUT2D eigenvalue weighted by molar-refractivity contribution is 4.83. The van der Waals surface area contributed by atoms with Gasteiger partial charge in [-0.3, -0.25) is 0 Å². The first kappa shape index (κ1) is 12.0. The summed E-state index contributed by atoms with van der Waals surface area (Å²) in [6.45, 7) is 7.63. The molecule has 0 aromatic heterocycles. The minimum absolute atomic E-state index is 0.352. The molecule has 1 saturated heterocycles. The Balaban J connectivity index is 2.31. The minimum Gasteiger partial charge on any atom is -0.378 e. The summed E-state index contributed by atoms with van der Waals surface area (Å²) in [7, 11) is 0. The molecule has 0 aliphatic carbocycles. The first-order valence-corrected chi connectivity index (χ1v) is 6.02. The molecule has 1 aliphatic rings. The van der Waals surface area contributed by atoms with Crippen molar-refractivity contribution in [3.8, 4) is 0 Å². The molecule has 0 bridgehead atoms. The summed E-state index contributed by atoms with van der Waals surface area (Å²) in [6.07, 6.45) is 5.10. The van der Waals surface area contributed by atoms with E-state index in [1.807, 2.05) is 0 Å². The summed E-state index contributed by atoms with van der Waals surface area (Å²) in [4.78, 5) is 0. The normalized spacial score (nSPS) is 29.8. The summed E-state index contributed by atoms with van der Waals surface area (Å²) in [5.41, 5.74) is 6.21. The van der Waals surface area contributed by atoms with Crippen molar-refractivity contribution in [2.24, 2.45) is 17.6 Å². The zero-order valence-electron chi connectivity index (χ0n) is 9.83. The van der Waals surface area contributed by atoms with E-state index in [1.165, 1.54) is 6.42 Å². The first-order valence-electron chi connectivity index (χ1n) is 6.02. The van der Waals surface area contributed by atoms with Gasteiger partial charge >= 0.3 is 0 Å². The van der Waals surface area contributed by atoms with Gasteiger partial charge in [-0.05, 0) is 31.6 Å². The number of hydrogen-bond donors (Lipinski definition) is 1. The van der Waals surface area contributed by atoms with Crippen molar-refractivity contribution >= 4 is 0 Å². The molecule has 1 heterocycles. The SMILES string of the molecule is CCC1OCCC1C(N)CCC(C)C. The van der Waals surface area contributed by atoms with Gasteiger partial charge in [0.2, 0.25) is 0 Å². The van der Waals surface area contributed by atoms with E-state index in [4.69, 9.17) is 10.5 Å². The third kappa shape index (κ3) is 3.25. The monoisotopic (exact) mass is 199 g/mol. The molecule has 1 aliphatic heterocycles. The molecular weight excluding hydrogens is 174 g/mol. The Morgan fingerprint density at radius 3 is 2.64 bits per heavy atom. The van der Waals surface area contributed by atoms with E-state index < -0.39 is 0 Å². The van der Waals surface area contributed by atoms with Gasteiger partial charge in [-0.25, -0.2) is 0 Å². The summed E-state index contributed by atoms with van der Waals surface area (Å²) in [5, 5.41) is 0. The predicted octanol–water partition coefficient (Wildman–Crippen LogP) is 2.57. The van der Waals surface area contributed by atoms with E-state index in [-0.39, 0.29) is 0 Å². The molecule has 84 valence electrons. The lowest BCUT2D eigenvalue weighted by molar-refractivity contribution is 0.0800. The third-order valence-corrected chi connectivity index (χ3v) is 3.29. The van der Waals surface area contributed by atoms with Crippen molar-refractivity contribution in [1.82, 2.24) is 0 Å². The Bertz CT molecular complexity index is 158. The van der Waals surface area contributed by atoms with Gasteiger partial charge in [0.15, 0.2) is 0 Å². The Labute approximate surface area is 88.2 Å². The predicted molar refractivity (Wildman–Crippen MR) is 60.2 cm³/mol. The second-order valence-corrected chi connectivity index (χ2v) is 4.91. The fraction of sp³-hybridized carbons (Fsp3) is 1.00. The van der Waals surface area contributed by atoms with Crippen LogP contribution >= 0.6 is 0 Å². The molecule has 3 unspecified atom stereocenters. The molecule has 0 spiro atoms. The van der Waals surface area contributed by atoms with Gasteiger partial charge < -0.3 is 10.5 Å². The Morgan fingerprint density at radius 1 is 1.36 bits per heavy atom. The van der Waals surface area contributed by atoms with Gasteiger partial charge in [0.1, 0.15) is 0 Å². The highest BCUT2D eigenvalue weighted by atomic mass is 16.5. The second kappa shape index (κ2) is 5.72. The van der Waals surface area contributed by atoms with Crippen molar-refractivity contribution in [2.75, 3.05) is 6.61 Å². The maximum atomic E-state index is 6.21. The number of hydrogen-bond acceptors (Lipinski definition) is 2. The average molecular weight is 199 g/mol. The van der Waals surface area contributed by atoms with Crippen molar-refractivity contribution in [3.05, 3.63) is 0 Å². The third-order valence-electron chi connectivity index (χ3n) is 3.29. The van der Waals surface area contributed by atoms with E-state index in [1.54, 1.807) is 0 Å². The van der Waals surface area contributed by atoms with E-state index in [2.05, 4.69) is 20.8 Å². The first-order chi connectivity index (χ1) is 6.65. The minimum atomic E-state index is 0.352. The van der Waals surface area contributed by atoms with Crippen LogP contribution in [0.25, 0.3) is 0 Å². The van der Waals surface area contributed by atoms with Gasteiger partial charge in [-0.1, -0.05) is 20.8 Å².